The van der Waals surface area contributed by atoms with Crippen molar-refractivity contribution in [1.82, 2.24) is 5.32 Å². The summed E-state index contributed by atoms with van der Waals surface area (Å²) in [6.07, 6.45) is 2.74. The third kappa shape index (κ3) is 3.27. The fourth-order valence-corrected chi connectivity index (χ4v) is 6.11. The molecule has 5 rings (SSSR count). The summed E-state index contributed by atoms with van der Waals surface area (Å²) in [5.74, 6) is 1.13. The van der Waals surface area contributed by atoms with Gasteiger partial charge < -0.3 is 5.32 Å². The summed E-state index contributed by atoms with van der Waals surface area (Å²) in [5.41, 5.74) is 1.17. The van der Waals surface area contributed by atoms with Gasteiger partial charge in [0.25, 0.3) is 0 Å². The summed E-state index contributed by atoms with van der Waals surface area (Å²) < 4.78 is 14.7. The maximum atomic E-state index is 14.7. The molecule has 1 aliphatic heterocycles. The molecule has 2 heterocycles. The van der Waals surface area contributed by atoms with E-state index < -0.39 is 5.92 Å². The number of fused-ring (bicyclic) bond motifs is 5. The van der Waals surface area contributed by atoms with Gasteiger partial charge in [-0.05, 0) is 66.3 Å². The van der Waals surface area contributed by atoms with Gasteiger partial charge in [-0.3, -0.25) is 4.79 Å². The molecule has 1 saturated heterocycles. The Balaban J connectivity index is 1.25. The quantitative estimate of drug-likeness (QED) is 0.786. The van der Waals surface area contributed by atoms with Crippen LogP contribution in [0, 0.1) is 52.2 Å². The highest BCUT2D eigenvalue weighted by atomic mass is 32.1. The van der Waals surface area contributed by atoms with Crippen molar-refractivity contribution in [2.75, 3.05) is 0 Å². The van der Waals surface area contributed by atoms with Crippen LogP contribution in [0.15, 0.2) is 30.3 Å². The Labute approximate surface area is 173 Å². The molecule has 3 fully saturated rings. The average Bonchev–Trinajstić information content (AvgIpc) is 3.09. The van der Waals surface area contributed by atoms with Crippen molar-refractivity contribution >= 4 is 17.1 Å². The fourth-order valence-electron chi connectivity index (χ4n) is 5.31. The van der Waals surface area contributed by atoms with E-state index in [9.17, 15) is 14.4 Å². The minimum absolute atomic E-state index is 0.106. The zero-order valence-electron chi connectivity index (χ0n) is 15.8. The van der Waals surface area contributed by atoms with Crippen LogP contribution in [0.2, 0.25) is 0 Å². The molecule has 1 aromatic carbocycles. The summed E-state index contributed by atoms with van der Waals surface area (Å²) in [5, 5.41) is 22.0. The maximum Gasteiger partial charge on any atom is 0.151 e. The van der Waals surface area contributed by atoms with Crippen molar-refractivity contribution in [3.05, 3.63) is 46.6 Å². The van der Waals surface area contributed by atoms with Crippen LogP contribution in [0.5, 0.6) is 0 Å². The molecule has 146 valence electrons. The molecule has 4 nitrogen and oxygen atoms in total. The largest absolute Gasteiger partial charge is 0.304 e. The molecule has 2 aliphatic carbocycles. The van der Waals surface area contributed by atoms with Gasteiger partial charge in [-0.15, -0.1) is 11.3 Å². The molecular formula is C23H20FN3OS. The van der Waals surface area contributed by atoms with Crippen molar-refractivity contribution in [2.45, 2.75) is 37.8 Å². The van der Waals surface area contributed by atoms with Gasteiger partial charge in [-0.25, -0.2) is 4.39 Å². The maximum absolute atomic E-state index is 14.7. The van der Waals surface area contributed by atoms with Crippen LogP contribution >= 0.6 is 11.3 Å². The highest BCUT2D eigenvalue weighted by Crippen LogP contribution is 2.60. The Kier molecular flexibility index (Phi) is 4.50. The molecule has 1 N–H and O–H groups in total. The first kappa shape index (κ1) is 18.5. The number of halogens is 1. The van der Waals surface area contributed by atoms with Crippen LogP contribution < -0.4 is 5.32 Å². The van der Waals surface area contributed by atoms with E-state index in [1.165, 1.54) is 23.8 Å². The summed E-state index contributed by atoms with van der Waals surface area (Å²) in [6.45, 7) is 0. The normalized spacial score (nSPS) is 29.7. The van der Waals surface area contributed by atoms with E-state index in [-0.39, 0.29) is 30.5 Å². The lowest BCUT2D eigenvalue weighted by Gasteiger charge is -2.22. The first-order valence-corrected chi connectivity index (χ1v) is 10.9. The smallest absolute Gasteiger partial charge is 0.151 e. The van der Waals surface area contributed by atoms with E-state index in [0.29, 0.717) is 33.9 Å². The lowest BCUT2D eigenvalue weighted by Crippen LogP contribution is -2.43. The molecule has 0 unspecified atom stereocenters. The minimum atomic E-state index is -0.522. The second-order valence-corrected chi connectivity index (χ2v) is 9.58. The van der Waals surface area contributed by atoms with Gasteiger partial charge in [0, 0.05) is 17.3 Å². The van der Waals surface area contributed by atoms with Crippen molar-refractivity contribution in [2.24, 2.45) is 23.7 Å². The first-order valence-electron chi connectivity index (χ1n) is 10.0. The van der Waals surface area contributed by atoms with Gasteiger partial charge in [0.15, 0.2) is 5.78 Å². The Hall–Kier alpha value is -2.54. The molecule has 6 heteroatoms. The Bertz CT molecular complexity index is 1060. The number of nitriles is 2. The first-order chi connectivity index (χ1) is 14.1. The molecule has 2 aromatic rings. The fraction of sp³-hybridized carbons (Fsp3) is 0.435. The summed E-state index contributed by atoms with van der Waals surface area (Å²) in [4.78, 5) is 14.2. The third-order valence-corrected chi connectivity index (χ3v) is 7.84. The van der Waals surface area contributed by atoms with Gasteiger partial charge in [0.1, 0.15) is 16.8 Å². The molecule has 0 spiro atoms. The lowest BCUT2D eigenvalue weighted by molar-refractivity contribution is -0.122. The molecule has 2 saturated carbocycles. The number of hydrogen-bond acceptors (Lipinski definition) is 5. The molecule has 0 amide bonds. The van der Waals surface area contributed by atoms with E-state index in [0.717, 1.165) is 17.2 Å². The van der Waals surface area contributed by atoms with Crippen molar-refractivity contribution < 1.29 is 9.18 Å². The predicted molar refractivity (Wildman–Crippen MR) is 107 cm³/mol. The number of piperidine rings is 1. The highest BCUT2D eigenvalue weighted by molar-refractivity contribution is 7.16. The molecule has 6 atom stereocenters. The predicted octanol–water partition coefficient (Wildman–Crippen LogP) is 4.06. The summed E-state index contributed by atoms with van der Waals surface area (Å²) in [7, 11) is 0. The van der Waals surface area contributed by atoms with Gasteiger partial charge in [0.05, 0.1) is 18.0 Å². The third-order valence-electron chi connectivity index (χ3n) is 6.80. The van der Waals surface area contributed by atoms with Gasteiger partial charge >= 0.3 is 0 Å². The monoisotopic (exact) mass is 405 g/mol. The average molecular weight is 405 g/mol. The van der Waals surface area contributed by atoms with Crippen molar-refractivity contribution in [3.8, 4) is 22.6 Å². The van der Waals surface area contributed by atoms with Crippen LogP contribution in [0.25, 0.3) is 10.4 Å². The van der Waals surface area contributed by atoms with Crippen molar-refractivity contribution in [1.29, 1.82) is 10.5 Å². The zero-order chi connectivity index (χ0) is 20.1. The Morgan fingerprint density at radius 1 is 1.21 bits per heavy atom. The lowest BCUT2D eigenvalue weighted by atomic mass is 9.87. The van der Waals surface area contributed by atoms with E-state index in [1.807, 2.05) is 6.07 Å². The zero-order valence-corrected chi connectivity index (χ0v) is 16.6. The molecule has 29 heavy (non-hydrogen) atoms. The minimum Gasteiger partial charge on any atom is -0.304 e. The molecule has 0 radical (unpaired) electrons. The second-order valence-electron chi connectivity index (χ2n) is 8.50. The van der Waals surface area contributed by atoms with E-state index >= 15 is 0 Å². The summed E-state index contributed by atoms with van der Waals surface area (Å²) >= 11 is 1.32. The number of rotatable bonds is 6. The number of nitrogens with one attached hydrogen (secondary N) is 1. The molecular weight excluding hydrogens is 385 g/mol. The second kappa shape index (κ2) is 7.06. The topological polar surface area (TPSA) is 76.7 Å². The van der Waals surface area contributed by atoms with E-state index in [1.54, 1.807) is 18.2 Å². The van der Waals surface area contributed by atoms with Gasteiger partial charge in [-0.1, -0.05) is 12.1 Å². The Morgan fingerprint density at radius 3 is 2.72 bits per heavy atom. The SMILES string of the molecule is N#Cc1ccc(-c2ccc(C[C@@H](C#N)CC(=O)[C@H]3N[C@H]4C[C@@H]3[C@@H]3C[C@@H]34)c(F)c2)s1. The van der Waals surface area contributed by atoms with Crippen molar-refractivity contribution in [3.63, 3.8) is 0 Å². The number of carbonyl (C=O) groups excluding carboxylic acids is 1. The molecule has 1 aromatic heterocycles. The Morgan fingerprint density at radius 2 is 2.07 bits per heavy atom. The standard InChI is InChI=1S/C23H20FN3OS/c24-19-7-14(22-4-3-15(11-26)29-22)2-1-13(19)5-12(10-25)6-21(28)23-18-9-20(27-23)17-8-16(17)18/h1-4,7,12,16-18,20,23,27H,5-6,8-9H2/t12-,16-,17+,18-,20+,23+/m1/s1. The van der Waals surface area contributed by atoms with Crippen LogP contribution in [0.1, 0.15) is 29.7 Å². The van der Waals surface area contributed by atoms with E-state index in [2.05, 4.69) is 17.5 Å². The number of Topliss-reactive ketones (excluding diaryl/α,β-unsaturated/α-hetero) is 1. The van der Waals surface area contributed by atoms with Gasteiger partial charge in [0.2, 0.25) is 0 Å². The van der Waals surface area contributed by atoms with E-state index in [4.69, 9.17) is 5.26 Å². The number of benzene rings is 1. The molecule has 3 aliphatic rings. The van der Waals surface area contributed by atoms with Crippen LogP contribution in [-0.4, -0.2) is 17.9 Å². The number of thiophene rings is 1. The van der Waals surface area contributed by atoms with Gasteiger partial charge in [-0.2, -0.15) is 10.5 Å². The highest BCUT2D eigenvalue weighted by Gasteiger charge is 2.62. The number of carbonyl (C=O) groups is 1. The molecule has 2 bridgehead atoms. The van der Waals surface area contributed by atoms with Crippen LogP contribution in [0.3, 0.4) is 0 Å². The summed E-state index contributed by atoms with van der Waals surface area (Å²) in [6, 6.07) is 13.1. The number of ketones is 1. The number of hydrogen-bond donors (Lipinski definition) is 1. The van der Waals surface area contributed by atoms with Crippen LogP contribution in [0.4, 0.5) is 4.39 Å². The number of nitrogens with zero attached hydrogens (tertiary/aromatic N) is 2. The van der Waals surface area contributed by atoms with Crippen LogP contribution in [-0.2, 0) is 11.2 Å².